The number of hydrazine groups is 1. The second kappa shape index (κ2) is 7.00. The summed E-state index contributed by atoms with van der Waals surface area (Å²) in [6, 6.07) is 12.5. The minimum Gasteiger partial charge on any atom is -0.272 e. The molecule has 2 heterocycles. The molecule has 6 heteroatoms. The first kappa shape index (κ1) is 17.5. The number of carbonyl (C=O) groups is 2. The first-order valence-electron chi connectivity index (χ1n) is 8.61. The molecule has 134 valence electrons. The molecule has 4 nitrogen and oxygen atoms in total. The van der Waals surface area contributed by atoms with Gasteiger partial charge in [-0.3, -0.25) is 20.4 Å². The summed E-state index contributed by atoms with van der Waals surface area (Å²) in [6.07, 6.45) is 1.40. The molecule has 0 radical (unpaired) electrons. The van der Waals surface area contributed by atoms with Crippen molar-refractivity contribution in [3.63, 3.8) is 0 Å². The van der Waals surface area contributed by atoms with Gasteiger partial charge in [0.05, 0.1) is 10.5 Å². The van der Waals surface area contributed by atoms with E-state index in [0.717, 1.165) is 9.79 Å². The van der Waals surface area contributed by atoms with Crippen LogP contribution in [0.25, 0.3) is 0 Å². The lowest BCUT2D eigenvalue weighted by Crippen LogP contribution is -2.48. The van der Waals surface area contributed by atoms with Crippen molar-refractivity contribution in [3.8, 4) is 0 Å². The van der Waals surface area contributed by atoms with Crippen LogP contribution in [0, 0.1) is 13.8 Å². The zero-order valence-corrected chi connectivity index (χ0v) is 16.3. The summed E-state index contributed by atoms with van der Waals surface area (Å²) in [5.74, 6) is -0.290. The lowest BCUT2D eigenvalue weighted by Gasteiger charge is -2.13. The Labute approximate surface area is 161 Å². The summed E-state index contributed by atoms with van der Waals surface area (Å²) < 4.78 is 0. The third-order valence-electron chi connectivity index (χ3n) is 4.69. The van der Waals surface area contributed by atoms with Gasteiger partial charge in [0.25, 0.3) is 11.8 Å². The van der Waals surface area contributed by atoms with Gasteiger partial charge in [-0.2, -0.15) is 0 Å². The van der Waals surface area contributed by atoms with Gasteiger partial charge < -0.3 is 0 Å². The van der Waals surface area contributed by atoms with Gasteiger partial charge >= 0.3 is 0 Å². The van der Waals surface area contributed by atoms with E-state index in [0.29, 0.717) is 12.8 Å². The van der Waals surface area contributed by atoms with Gasteiger partial charge in [-0.15, -0.1) is 23.5 Å². The molecule has 0 saturated carbocycles. The third-order valence-corrected chi connectivity index (χ3v) is 7.29. The fourth-order valence-electron chi connectivity index (χ4n) is 3.25. The molecule has 2 amide bonds. The minimum atomic E-state index is -0.192. The van der Waals surface area contributed by atoms with Crippen LogP contribution in [0.5, 0.6) is 0 Å². The molecule has 2 aliphatic rings. The van der Waals surface area contributed by atoms with Gasteiger partial charge in [0.2, 0.25) is 0 Å². The summed E-state index contributed by atoms with van der Waals surface area (Å²) in [6.45, 7) is 4.10. The summed E-state index contributed by atoms with van der Waals surface area (Å²) >= 11 is 3.13. The molecule has 0 spiro atoms. The number of amides is 2. The van der Waals surface area contributed by atoms with Crippen LogP contribution in [0.1, 0.15) is 22.3 Å². The molecule has 2 N–H and O–H groups in total. The number of benzene rings is 2. The van der Waals surface area contributed by atoms with Crippen molar-refractivity contribution >= 4 is 35.3 Å². The predicted molar refractivity (Wildman–Crippen MR) is 105 cm³/mol. The third kappa shape index (κ3) is 3.48. The zero-order valence-electron chi connectivity index (χ0n) is 14.7. The van der Waals surface area contributed by atoms with E-state index in [4.69, 9.17) is 0 Å². The Hall–Kier alpha value is -1.92. The van der Waals surface area contributed by atoms with Crippen LogP contribution in [0.2, 0.25) is 0 Å². The highest BCUT2D eigenvalue weighted by atomic mass is 32.2. The maximum absolute atomic E-state index is 12.4. The normalized spacial score (nSPS) is 20.4. The Morgan fingerprint density at radius 2 is 1.23 bits per heavy atom. The van der Waals surface area contributed by atoms with Crippen molar-refractivity contribution in [1.29, 1.82) is 0 Å². The van der Waals surface area contributed by atoms with Crippen molar-refractivity contribution in [2.75, 3.05) is 0 Å². The van der Waals surface area contributed by atoms with Gasteiger partial charge in [-0.25, -0.2) is 0 Å². The van der Waals surface area contributed by atoms with Gasteiger partial charge in [0, 0.05) is 9.79 Å². The van der Waals surface area contributed by atoms with Crippen molar-refractivity contribution < 1.29 is 9.59 Å². The highest BCUT2D eigenvalue weighted by Crippen LogP contribution is 2.38. The summed E-state index contributed by atoms with van der Waals surface area (Å²) in [5.41, 5.74) is 10.0. The Kier molecular flexibility index (Phi) is 4.71. The standard InChI is InChI=1S/C20H20N2O2S2/c1-11-3-5-13-9-17(25-15(13)7-11)19(23)21-22-20(24)18-10-14-6-4-12(2)8-16(14)26-18/h3-8,17-18H,9-10H2,1-2H3,(H,21,23)(H,22,24)/t17-,18-/m0/s1. The lowest BCUT2D eigenvalue weighted by molar-refractivity contribution is -0.128. The van der Waals surface area contributed by atoms with Crippen LogP contribution in [0.4, 0.5) is 0 Å². The quantitative estimate of drug-likeness (QED) is 0.781. The average molecular weight is 385 g/mol. The average Bonchev–Trinajstić information content (AvgIpc) is 3.22. The summed E-state index contributed by atoms with van der Waals surface area (Å²) in [7, 11) is 0. The van der Waals surface area contributed by atoms with Crippen LogP contribution in [-0.2, 0) is 22.4 Å². The Balaban J connectivity index is 1.31. The van der Waals surface area contributed by atoms with Crippen molar-refractivity contribution in [3.05, 3.63) is 58.7 Å². The smallest absolute Gasteiger partial charge is 0.252 e. The van der Waals surface area contributed by atoms with Gasteiger partial charge in [0.15, 0.2) is 0 Å². The van der Waals surface area contributed by atoms with Crippen LogP contribution in [0.15, 0.2) is 46.2 Å². The SMILES string of the molecule is Cc1ccc2c(c1)S[C@H](C(=O)NNC(=O)[C@@H]1Cc3ccc(C)cc3S1)C2. The fraction of sp³-hybridized carbons (Fsp3) is 0.300. The molecule has 0 unspecified atom stereocenters. The number of fused-ring (bicyclic) bond motifs is 2. The Bertz CT molecular complexity index is 824. The van der Waals surface area contributed by atoms with Crippen molar-refractivity contribution in [2.45, 2.75) is 47.0 Å². The number of carbonyl (C=O) groups excluding carboxylic acids is 2. The van der Waals surface area contributed by atoms with E-state index in [9.17, 15) is 9.59 Å². The molecule has 2 aliphatic heterocycles. The van der Waals surface area contributed by atoms with E-state index < -0.39 is 0 Å². The Morgan fingerprint density at radius 1 is 0.808 bits per heavy atom. The molecule has 0 aromatic heterocycles. The number of nitrogens with one attached hydrogen (secondary N) is 2. The van der Waals surface area contributed by atoms with E-state index in [-0.39, 0.29) is 22.3 Å². The van der Waals surface area contributed by atoms with E-state index >= 15 is 0 Å². The predicted octanol–water partition coefficient (Wildman–Crippen LogP) is 3.18. The summed E-state index contributed by atoms with van der Waals surface area (Å²) in [4.78, 5) is 27.2. The number of rotatable bonds is 2. The van der Waals surface area contributed by atoms with E-state index in [1.165, 1.54) is 22.3 Å². The van der Waals surface area contributed by atoms with Crippen LogP contribution in [-0.4, -0.2) is 22.3 Å². The number of thioether (sulfide) groups is 2. The largest absolute Gasteiger partial charge is 0.272 e. The second-order valence-electron chi connectivity index (χ2n) is 6.82. The van der Waals surface area contributed by atoms with Crippen LogP contribution < -0.4 is 10.9 Å². The van der Waals surface area contributed by atoms with Crippen LogP contribution >= 0.6 is 23.5 Å². The molecule has 26 heavy (non-hydrogen) atoms. The highest BCUT2D eigenvalue weighted by Gasteiger charge is 2.31. The van der Waals surface area contributed by atoms with E-state index in [1.54, 1.807) is 23.5 Å². The van der Waals surface area contributed by atoms with Crippen LogP contribution in [0.3, 0.4) is 0 Å². The summed E-state index contributed by atoms with van der Waals surface area (Å²) in [5, 5.41) is -0.383. The molecule has 2 aromatic rings. The number of hydrogen-bond donors (Lipinski definition) is 2. The second-order valence-corrected chi connectivity index (χ2v) is 9.31. The molecule has 0 fully saturated rings. The maximum atomic E-state index is 12.4. The van der Waals surface area contributed by atoms with Crippen molar-refractivity contribution in [1.82, 2.24) is 10.9 Å². The fourth-order valence-corrected chi connectivity index (χ4v) is 5.83. The van der Waals surface area contributed by atoms with Gasteiger partial charge in [-0.05, 0) is 49.9 Å². The maximum Gasteiger partial charge on any atom is 0.252 e. The molecular weight excluding hydrogens is 364 g/mol. The van der Waals surface area contributed by atoms with Crippen molar-refractivity contribution in [2.24, 2.45) is 0 Å². The number of hydrogen-bond acceptors (Lipinski definition) is 4. The highest BCUT2D eigenvalue weighted by molar-refractivity contribution is 8.01. The van der Waals surface area contributed by atoms with E-state index in [2.05, 4.69) is 47.2 Å². The lowest BCUT2D eigenvalue weighted by atomic mass is 10.1. The van der Waals surface area contributed by atoms with E-state index in [1.807, 2.05) is 13.8 Å². The molecule has 2 atom stereocenters. The minimum absolute atomic E-state index is 0.145. The molecule has 0 saturated heterocycles. The molecular formula is C20H20N2O2S2. The first-order chi connectivity index (χ1) is 12.5. The topological polar surface area (TPSA) is 58.2 Å². The zero-order chi connectivity index (χ0) is 18.3. The van der Waals surface area contributed by atoms with Gasteiger partial charge in [0.1, 0.15) is 0 Å². The molecule has 4 rings (SSSR count). The monoisotopic (exact) mass is 384 g/mol. The molecule has 0 aliphatic carbocycles. The first-order valence-corrected chi connectivity index (χ1v) is 10.4. The molecule has 2 aromatic carbocycles. The molecule has 0 bridgehead atoms. The Morgan fingerprint density at radius 3 is 1.65 bits per heavy atom. The number of aryl methyl sites for hydroxylation is 2. The van der Waals surface area contributed by atoms with Gasteiger partial charge in [-0.1, -0.05) is 35.4 Å².